The van der Waals surface area contributed by atoms with E-state index in [0.717, 1.165) is 53.8 Å². The van der Waals surface area contributed by atoms with Gasteiger partial charge in [-0.05, 0) is 43.4 Å². The van der Waals surface area contributed by atoms with E-state index in [2.05, 4.69) is 15.5 Å². The topological polar surface area (TPSA) is 74.8 Å². The van der Waals surface area contributed by atoms with Gasteiger partial charge in [-0.3, -0.25) is 9.59 Å². The van der Waals surface area contributed by atoms with Gasteiger partial charge in [0.05, 0.1) is 5.69 Å². The first-order chi connectivity index (χ1) is 10.1. The van der Waals surface area contributed by atoms with Gasteiger partial charge in [0.15, 0.2) is 0 Å². The fraction of sp³-hybridized carbons (Fsp3) is 0.312. The van der Waals surface area contributed by atoms with E-state index in [0.29, 0.717) is 0 Å². The number of carbonyl (C=O) groups excluding carboxylic acids is 1. The molecule has 0 spiro atoms. The van der Waals surface area contributed by atoms with Crippen LogP contribution in [0, 0.1) is 0 Å². The molecular weight excluding hydrogens is 266 g/mol. The molecule has 0 saturated carbocycles. The van der Waals surface area contributed by atoms with Crippen LogP contribution in [0.25, 0.3) is 11.3 Å². The van der Waals surface area contributed by atoms with Gasteiger partial charge in [-0.25, -0.2) is 5.10 Å². The van der Waals surface area contributed by atoms with Crippen LogP contribution in [0.3, 0.4) is 0 Å². The molecule has 0 aliphatic heterocycles. The Labute approximate surface area is 122 Å². The number of amides is 1. The number of aromatic nitrogens is 2. The molecule has 1 aliphatic rings. The predicted octanol–water partition coefficient (Wildman–Crippen LogP) is 2.27. The first-order valence-electron chi connectivity index (χ1n) is 7.13. The quantitative estimate of drug-likeness (QED) is 0.887. The third kappa shape index (κ3) is 2.72. The predicted molar refractivity (Wildman–Crippen MR) is 81.2 cm³/mol. The molecule has 0 saturated heterocycles. The number of nitrogens with zero attached hydrogens (tertiary/aromatic N) is 1. The minimum atomic E-state index is -0.108. The molecule has 1 aliphatic carbocycles. The van der Waals surface area contributed by atoms with Crippen molar-refractivity contribution in [3.63, 3.8) is 0 Å². The lowest BCUT2D eigenvalue weighted by atomic mass is 9.90. The van der Waals surface area contributed by atoms with Crippen LogP contribution in [0.5, 0.6) is 0 Å². The minimum Gasteiger partial charge on any atom is -0.326 e. The number of hydrogen-bond donors (Lipinski definition) is 2. The Morgan fingerprint density at radius 1 is 1.24 bits per heavy atom. The number of rotatable bonds is 2. The number of anilines is 1. The molecule has 1 aromatic heterocycles. The first-order valence-corrected chi connectivity index (χ1v) is 7.13. The molecule has 0 bridgehead atoms. The molecule has 5 heteroatoms. The van der Waals surface area contributed by atoms with Gasteiger partial charge in [0.25, 0.3) is 5.56 Å². The summed E-state index contributed by atoms with van der Waals surface area (Å²) in [7, 11) is 0. The van der Waals surface area contributed by atoms with Gasteiger partial charge < -0.3 is 5.32 Å². The average Bonchev–Trinajstić information content (AvgIpc) is 2.47. The third-order valence-electron chi connectivity index (χ3n) is 3.75. The molecule has 0 radical (unpaired) electrons. The summed E-state index contributed by atoms with van der Waals surface area (Å²) >= 11 is 0. The molecule has 0 atom stereocenters. The van der Waals surface area contributed by atoms with E-state index in [9.17, 15) is 9.59 Å². The molecule has 2 aromatic rings. The number of hydrogen-bond acceptors (Lipinski definition) is 3. The number of aromatic amines is 1. The largest absolute Gasteiger partial charge is 0.326 e. The SMILES string of the molecule is CC(=O)Nc1cccc(-c2n[nH]c(=O)c3c2CCCC3)c1. The summed E-state index contributed by atoms with van der Waals surface area (Å²) in [5.74, 6) is -0.108. The lowest BCUT2D eigenvalue weighted by molar-refractivity contribution is -0.114. The highest BCUT2D eigenvalue weighted by Crippen LogP contribution is 2.28. The van der Waals surface area contributed by atoms with Gasteiger partial charge in [0.2, 0.25) is 5.91 Å². The van der Waals surface area contributed by atoms with E-state index in [1.807, 2.05) is 24.3 Å². The van der Waals surface area contributed by atoms with Gasteiger partial charge in [0, 0.05) is 23.7 Å². The lowest BCUT2D eigenvalue weighted by Gasteiger charge is -2.17. The molecule has 21 heavy (non-hydrogen) atoms. The number of H-pyrrole nitrogens is 1. The van der Waals surface area contributed by atoms with Crippen molar-refractivity contribution in [3.8, 4) is 11.3 Å². The van der Waals surface area contributed by atoms with Crippen LogP contribution in [0.2, 0.25) is 0 Å². The monoisotopic (exact) mass is 283 g/mol. The Kier molecular flexibility index (Phi) is 3.56. The van der Waals surface area contributed by atoms with Crippen molar-refractivity contribution < 1.29 is 4.79 Å². The summed E-state index contributed by atoms with van der Waals surface area (Å²) in [5.41, 5.74) is 4.29. The fourth-order valence-electron chi connectivity index (χ4n) is 2.85. The minimum absolute atomic E-state index is 0.0773. The van der Waals surface area contributed by atoms with Crippen molar-refractivity contribution in [2.24, 2.45) is 0 Å². The zero-order chi connectivity index (χ0) is 14.8. The molecule has 2 N–H and O–H groups in total. The summed E-state index contributed by atoms with van der Waals surface area (Å²) in [6, 6.07) is 7.55. The van der Waals surface area contributed by atoms with Crippen LogP contribution in [-0.2, 0) is 17.6 Å². The van der Waals surface area contributed by atoms with E-state index in [1.54, 1.807) is 0 Å². The van der Waals surface area contributed by atoms with Crippen molar-refractivity contribution in [2.75, 3.05) is 5.32 Å². The van der Waals surface area contributed by atoms with Gasteiger partial charge in [-0.2, -0.15) is 5.10 Å². The Hall–Kier alpha value is -2.43. The normalized spacial score (nSPS) is 13.6. The zero-order valence-corrected chi connectivity index (χ0v) is 11.9. The Morgan fingerprint density at radius 3 is 2.76 bits per heavy atom. The number of nitrogens with one attached hydrogen (secondary N) is 2. The second-order valence-electron chi connectivity index (χ2n) is 5.33. The van der Waals surface area contributed by atoms with Crippen molar-refractivity contribution in [1.29, 1.82) is 0 Å². The number of fused-ring (bicyclic) bond motifs is 1. The van der Waals surface area contributed by atoms with Crippen LogP contribution in [0.15, 0.2) is 29.1 Å². The smallest absolute Gasteiger partial charge is 0.267 e. The first kappa shape index (κ1) is 13.5. The van der Waals surface area contributed by atoms with Gasteiger partial charge in [0.1, 0.15) is 0 Å². The summed E-state index contributed by atoms with van der Waals surface area (Å²) in [4.78, 5) is 23.0. The molecule has 1 aromatic carbocycles. The van der Waals surface area contributed by atoms with E-state index in [1.165, 1.54) is 6.92 Å². The highest BCUT2D eigenvalue weighted by atomic mass is 16.1. The third-order valence-corrected chi connectivity index (χ3v) is 3.75. The second-order valence-corrected chi connectivity index (χ2v) is 5.33. The molecule has 0 unspecified atom stereocenters. The molecule has 0 fully saturated rings. The Morgan fingerprint density at radius 2 is 2.00 bits per heavy atom. The molecule has 1 heterocycles. The van der Waals surface area contributed by atoms with Crippen molar-refractivity contribution in [1.82, 2.24) is 10.2 Å². The Bertz CT molecular complexity index is 749. The second kappa shape index (κ2) is 5.52. The van der Waals surface area contributed by atoms with Crippen LogP contribution in [0.4, 0.5) is 5.69 Å². The molecule has 108 valence electrons. The van der Waals surface area contributed by atoms with Gasteiger partial charge in [-0.1, -0.05) is 12.1 Å². The van der Waals surface area contributed by atoms with Gasteiger partial charge in [-0.15, -0.1) is 0 Å². The van der Waals surface area contributed by atoms with E-state index in [-0.39, 0.29) is 11.5 Å². The zero-order valence-electron chi connectivity index (χ0n) is 11.9. The average molecular weight is 283 g/mol. The summed E-state index contributed by atoms with van der Waals surface area (Å²) in [6.45, 7) is 1.48. The summed E-state index contributed by atoms with van der Waals surface area (Å²) in [5, 5.41) is 9.59. The van der Waals surface area contributed by atoms with E-state index in [4.69, 9.17) is 0 Å². The van der Waals surface area contributed by atoms with E-state index < -0.39 is 0 Å². The number of benzene rings is 1. The fourth-order valence-corrected chi connectivity index (χ4v) is 2.85. The molecular formula is C16H17N3O2. The summed E-state index contributed by atoms with van der Waals surface area (Å²) < 4.78 is 0. The highest BCUT2D eigenvalue weighted by Gasteiger charge is 2.18. The van der Waals surface area contributed by atoms with Crippen LogP contribution >= 0.6 is 0 Å². The van der Waals surface area contributed by atoms with Crippen molar-refractivity contribution in [3.05, 3.63) is 45.7 Å². The Balaban J connectivity index is 2.08. The number of carbonyl (C=O) groups is 1. The maximum atomic E-state index is 11.9. The van der Waals surface area contributed by atoms with Crippen LogP contribution in [0.1, 0.15) is 30.9 Å². The van der Waals surface area contributed by atoms with Gasteiger partial charge >= 0.3 is 0 Å². The summed E-state index contributed by atoms with van der Waals surface area (Å²) in [6.07, 6.45) is 3.82. The lowest BCUT2D eigenvalue weighted by Crippen LogP contribution is -2.21. The van der Waals surface area contributed by atoms with E-state index >= 15 is 0 Å². The maximum absolute atomic E-state index is 11.9. The molecule has 3 rings (SSSR count). The van der Waals surface area contributed by atoms with Crippen molar-refractivity contribution >= 4 is 11.6 Å². The highest BCUT2D eigenvalue weighted by molar-refractivity contribution is 5.89. The van der Waals surface area contributed by atoms with Crippen LogP contribution in [-0.4, -0.2) is 16.1 Å². The molecule has 1 amide bonds. The van der Waals surface area contributed by atoms with Crippen molar-refractivity contribution in [2.45, 2.75) is 32.6 Å². The standard InChI is InChI=1S/C16H17N3O2/c1-10(20)17-12-6-4-5-11(9-12)15-13-7-2-3-8-14(13)16(21)19-18-15/h4-6,9H,2-3,7-8H2,1H3,(H,17,20)(H,19,21). The maximum Gasteiger partial charge on any atom is 0.267 e. The van der Waals surface area contributed by atoms with Crippen LogP contribution < -0.4 is 10.9 Å². The molecule has 5 nitrogen and oxygen atoms in total.